The standard InChI is InChI=1S/C30H31N3O4/c1-3-36-27-17-15-24(19-28(27)37-4-2)26(34)16-18-29(35)32-25-20-31-33(21-22-11-7-5-8-12-22)30(25)23-13-9-6-10-14-23/h5-15,17,19-20H,3-4,16,18,21H2,1-2H3,(H,32,35). The monoisotopic (exact) mass is 497 g/mol. The first kappa shape index (κ1) is 25.7. The highest BCUT2D eigenvalue weighted by atomic mass is 16.5. The molecule has 1 aromatic heterocycles. The van der Waals surface area contributed by atoms with Crippen LogP contribution in [0.2, 0.25) is 0 Å². The number of ketones is 1. The van der Waals surface area contributed by atoms with Gasteiger partial charge in [-0.2, -0.15) is 5.10 Å². The van der Waals surface area contributed by atoms with Gasteiger partial charge in [0.1, 0.15) is 0 Å². The molecule has 37 heavy (non-hydrogen) atoms. The zero-order chi connectivity index (χ0) is 26.0. The molecule has 4 aromatic rings. The third kappa shape index (κ3) is 6.64. The number of nitrogens with one attached hydrogen (secondary N) is 1. The van der Waals surface area contributed by atoms with Crippen LogP contribution in [0.4, 0.5) is 5.69 Å². The summed E-state index contributed by atoms with van der Waals surface area (Å²) in [6, 6.07) is 25.0. The van der Waals surface area contributed by atoms with E-state index in [1.165, 1.54) is 0 Å². The summed E-state index contributed by atoms with van der Waals surface area (Å²) in [6.45, 7) is 5.30. The number of ether oxygens (including phenoxy) is 2. The maximum atomic E-state index is 12.9. The van der Waals surface area contributed by atoms with E-state index in [1.807, 2.05) is 79.2 Å². The second-order valence-corrected chi connectivity index (χ2v) is 8.42. The van der Waals surface area contributed by atoms with Crippen molar-refractivity contribution in [3.05, 3.63) is 96.2 Å². The Labute approximate surface area is 217 Å². The van der Waals surface area contributed by atoms with E-state index < -0.39 is 0 Å². The van der Waals surface area contributed by atoms with E-state index in [2.05, 4.69) is 10.4 Å². The largest absolute Gasteiger partial charge is 0.490 e. The van der Waals surface area contributed by atoms with Crippen LogP contribution in [0.3, 0.4) is 0 Å². The second kappa shape index (κ2) is 12.5. The number of hydrogen-bond donors (Lipinski definition) is 1. The lowest BCUT2D eigenvalue weighted by atomic mass is 10.1. The van der Waals surface area contributed by atoms with Crippen LogP contribution >= 0.6 is 0 Å². The van der Waals surface area contributed by atoms with Gasteiger partial charge in [-0.3, -0.25) is 14.3 Å². The summed E-state index contributed by atoms with van der Waals surface area (Å²) in [4.78, 5) is 25.7. The molecule has 0 spiro atoms. The van der Waals surface area contributed by atoms with E-state index >= 15 is 0 Å². The first-order valence-electron chi connectivity index (χ1n) is 12.5. The topological polar surface area (TPSA) is 82.5 Å². The molecule has 4 rings (SSSR count). The third-order valence-electron chi connectivity index (χ3n) is 5.78. The molecule has 0 bridgehead atoms. The quantitative estimate of drug-likeness (QED) is 0.243. The van der Waals surface area contributed by atoms with E-state index in [4.69, 9.17) is 9.47 Å². The summed E-state index contributed by atoms with van der Waals surface area (Å²) in [5.74, 6) is 0.737. The number of Topliss-reactive ketones (excluding diaryl/α,β-unsaturated/α-hetero) is 1. The van der Waals surface area contributed by atoms with E-state index in [9.17, 15) is 9.59 Å². The van der Waals surface area contributed by atoms with Gasteiger partial charge in [0.05, 0.1) is 37.3 Å². The van der Waals surface area contributed by atoms with E-state index in [0.717, 1.165) is 16.8 Å². The molecule has 190 valence electrons. The van der Waals surface area contributed by atoms with Crippen LogP contribution in [-0.2, 0) is 11.3 Å². The van der Waals surface area contributed by atoms with E-state index in [0.29, 0.717) is 42.5 Å². The van der Waals surface area contributed by atoms with Crippen molar-refractivity contribution in [3.63, 3.8) is 0 Å². The number of aromatic nitrogens is 2. The molecule has 0 aliphatic carbocycles. The molecule has 1 heterocycles. The summed E-state index contributed by atoms with van der Waals surface area (Å²) in [5, 5.41) is 7.50. The highest BCUT2D eigenvalue weighted by Gasteiger charge is 2.17. The number of benzene rings is 3. The van der Waals surface area contributed by atoms with Crippen LogP contribution in [0.1, 0.15) is 42.6 Å². The molecule has 0 saturated carbocycles. The first-order valence-corrected chi connectivity index (χ1v) is 12.5. The fraction of sp³-hybridized carbons (Fsp3) is 0.233. The minimum atomic E-state index is -0.249. The van der Waals surface area contributed by atoms with Gasteiger partial charge in [0.15, 0.2) is 17.3 Å². The third-order valence-corrected chi connectivity index (χ3v) is 5.78. The number of carbonyl (C=O) groups excluding carboxylic acids is 2. The van der Waals surface area contributed by atoms with Crippen molar-refractivity contribution in [1.82, 2.24) is 9.78 Å². The van der Waals surface area contributed by atoms with Crippen molar-refractivity contribution in [1.29, 1.82) is 0 Å². The van der Waals surface area contributed by atoms with Crippen molar-refractivity contribution in [2.75, 3.05) is 18.5 Å². The lowest BCUT2D eigenvalue weighted by molar-refractivity contribution is -0.116. The molecule has 0 unspecified atom stereocenters. The summed E-state index contributed by atoms with van der Waals surface area (Å²) >= 11 is 0. The van der Waals surface area contributed by atoms with Gasteiger partial charge in [0, 0.05) is 24.0 Å². The lowest BCUT2D eigenvalue weighted by Crippen LogP contribution is -2.14. The number of amides is 1. The van der Waals surface area contributed by atoms with Crippen LogP contribution in [0.15, 0.2) is 85.1 Å². The van der Waals surface area contributed by atoms with Crippen molar-refractivity contribution in [2.24, 2.45) is 0 Å². The molecular formula is C30H31N3O4. The summed E-state index contributed by atoms with van der Waals surface area (Å²) in [5.41, 5.74) is 3.96. The average molecular weight is 498 g/mol. The molecule has 7 nitrogen and oxygen atoms in total. The molecule has 1 N–H and O–H groups in total. The number of carbonyl (C=O) groups is 2. The highest BCUT2D eigenvalue weighted by molar-refractivity contribution is 6.01. The Morgan fingerprint density at radius 3 is 2.22 bits per heavy atom. The molecule has 3 aromatic carbocycles. The molecule has 0 radical (unpaired) electrons. The number of nitrogens with zero attached hydrogens (tertiary/aromatic N) is 2. The van der Waals surface area contributed by atoms with Crippen LogP contribution < -0.4 is 14.8 Å². The van der Waals surface area contributed by atoms with Gasteiger partial charge in [-0.25, -0.2) is 0 Å². The van der Waals surface area contributed by atoms with Crippen molar-refractivity contribution in [3.8, 4) is 22.8 Å². The predicted molar refractivity (Wildman–Crippen MR) is 144 cm³/mol. The highest BCUT2D eigenvalue weighted by Crippen LogP contribution is 2.30. The zero-order valence-electron chi connectivity index (χ0n) is 21.1. The smallest absolute Gasteiger partial charge is 0.224 e. The number of anilines is 1. The Kier molecular flexibility index (Phi) is 8.70. The van der Waals surface area contributed by atoms with Gasteiger partial charge in [0.2, 0.25) is 5.91 Å². The fourth-order valence-electron chi connectivity index (χ4n) is 4.06. The zero-order valence-corrected chi connectivity index (χ0v) is 21.1. The van der Waals surface area contributed by atoms with Crippen molar-refractivity contribution in [2.45, 2.75) is 33.2 Å². The van der Waals surface area contributed by atoms with Gasteiger partial charge < -0.3 is 14.8 Å². The SMILES string of the molecule is CCOc1ccc(C(=O)CCC(=O)Nc2cnn(Cc3ccccc3)c2-c2ccccc2)cc1OCC. The van der Waals surface area contributed by atoms with Crippen LogP contribution in [0, 0.1) is 0 Å². The van der Waals surface area contributed by atoms with Crippen molar-refractivity contribution >= 4 is 17.4 Å². The molecule has 0 aliphatic rings. The molecule has 1 amide bonds. The van der Waals surface area contributed by atoms with Gasteiger partial charge in [-0.15, -0.1) is 0 Å². The van der Waals surface area contributed by atoms with Crippen LogP contribution in [0.5, 0.6) is 11.5 Å². The Morgan fingerprint density at radius 1 is 0.838 bits per heavy atom. The minimum absolute atomic E-state index is 0.0497. The Balaban J connectivity index is 1.46. The average Bonchev–Trinajstić information content (AvgIpc) is 3.31. The maximum absolute atomic E-state index is 12.9. The van der Waals surface area contributed by atoms with E-state index in [1.54, 1.807) is 24.4 Å². The van der Waals surface area contributed by atoms with Gasteiger partial charge in [0.25, 0.3) is 0 Å². The summed E-state index contributed by atoms with van der Waals surface area (Å²) < 4.78 is 13.1. The summed E-state index contributed by atoms with van der Waals surface area (Å²) in [7, 11) is 0. The number of rotatable bonds is 12. The molecule has 0 aliphatic heterocycles. The lowest BCUT2D eigenvalue weighted by Gasteiger charge is -2.12. The Hall–Kier alpha value is -4.39. The van der Waals surface area contributed by atoms with Crippen LogP contribution in [0.25, 0.3) is 11.3 Å². The van der Waals surface area contributed by atoms with Crippen LogP contribution in [-0.4, -0.2) is 34.7 Å². The fourth-order valence-corrected chi connectivity index (χ4v) is 4.06. The normalized spacial score (nSPS) is 10.6. The molecule has 0 atom stereocenters. The van der Waals surface area contributed by atoms with Gasteiger partial charge >= 0.3 is 0 Å². The molecule has 7 heteroatoms. The Morgan fingerprint density at radius 2 is 1.51 bits per heavy atom. The Bertz CT molecular complexity index is 1330. The van der Waals surface area contributed by atoms with Crippen molar-refractivity contribution < 1.29 is 19.1 Å². The molecule has 0 fully saturated rings. The first-order chi connectivity index (χ1) is 18.1. The second-order valence-electron chi connectivity index (χ2n) is 8.42. The summed E-state index contributed by atoms with van der Waals surface area (Å²) in [6.07, 6.45) is 1.78. The molecular weight excluding hydrogens is 466 g/mol. The van der Waals surface area contributed by atoms with Gasteiger partial charge in [-0.1, -0.05) is 60.7 Å². The molecule has 0 saturated heterocycles. The van der Waals surface area contributed by atoms with Gasteiger partial charge in [-0.05, 0) is 37.6 Å². The predicted octanol–water partition coefficient (Wildman–Crippen LogP) is 6.00. The van der Waals surface area contributed by atoms with E-state index in [-0.39, 0.29) is 24.5 Å². The maximum Gasteiger partial charge on any atom is 0.224 e. The number of hydrogen-bond acceptors (Lipinski definition) is 5. The minimum Gasteiger partial charge on any atom is -0.490 e.